The quantitative estimate of drug-likeness (QED) is 0.435. The van der Waals surface area contributed by atoms with Crippen LogP contribution in [-0.2, 0) is 6.42 Å². The first-order valence-electron chi connectivity index (χ1n) is 8.88. The van der Waals surface area contributed by atoms with Gasteiger partial charge in [0, 0.05) is 22.7 Å². The topological polar surface area (TPSA) is 77.7 Å². The molecule has 1 saturated heterocycles. The Morgan fingerprint density at radius 3 is 2.52 bits per heavy atom. The first-order chi connectivity index (χ1) is 12.2. The van der Waals surface area contributed by atoms with Crippen LogP contribution in [0.3, 0.4) is 0 Å². The van der Waals surface area contributed by atoms with Crippen LogP contribution in [0, 0.1) is 11.3 Å². The van der Waals surface area contributed by atoms with E-state index in [1.54, 1.807) is 0 Å². The molecular weight excluding hydrogens is 308 g/mol. The van der Waals surface area contributed by atoms with E-state index in [9.17, 15) is 0 Å². The third-order valence-electron chi connectivity index (χ3n) is 4.69. The molecule has 2 heterocycles. The van der Waals surface area contributed by atoms with Crippen molar-refractivity contribution < 1.29 is 0 Å². The summed E-state index contributed by atoms with van der Waals surface area (Å²) in [5, 5.41) is 11.7. The molecule has 4 rings (SSSR count). The van der Waals surface area contributed by atoms with Gasteiger partial charge >= 0.3 is 0 Å². The lowest BCUT2D eigenvalue weighted by molar-refractivity contribution is 0.372. The second kappa shape index (κ2) is 8.49. The van der Waals surface area contributed by atoms with E-state index < -0.39 is 0 Å². The maximum atomic E-state index is 7.23. The van der Waals surface area contributed by atoms with Crippen molar-refractivity contribution in [3.8, 4) is 0 Å². The van der Waals surface area contributed by atoms with E-state index in [1.807, 2.05) is 30.5 Å². The van der Waals surface area contributed by atoms with E-state index in [1.165, 1.54) is 37.9 Å². The Morgan fingerprint density at radius 1 is 1.04 bits per heavy atom. The molecular formula is C21H26N4. The third-order valence-corrected chi connectivity index (χ3v) is 4.69. The summed E-state index contributed by atoms with van der Waals surface area (Å²) in [5.74, 6) is 1.02. The Kier molecular flexibility index (Phi) is 5.86. The van der Waals surface area contributed by atoms with Crippen molar-refractivity contribution in [3.05, 3.63) is 71.9 Å². The van der Waals surface area contributed by atoms with E-state index in [2.05, 4.69) is 40.6 Å². The van der Waals surface area contributed by atoms with Crippen molar-refractivity contribution in [1.82, 2.24) is 10.3 Å². The number of fused-ring (bicyclic) bond motifs is 1. The molecule has 1 aliphatic rings. The lowest BCUT2D eigenvalue weighted by Crippen LogP contribution is -2.28. The molecule has 4 nitrogen and oxygen atoms in total. The molecule has 1 aromatic heterocycles. The summed E-state index contributed by atoms with van der Waals surface area (Å²) in [6.45, 7) is 2.41. The van der Waals surface area contributed by atoms with Gasteiger partial charge in [0.05, 0.1) is 0 Å². The molecule has 25 heavy (non-hydrogen) atoms. The number of benzene rings is 2. The summed E-state index contributed by atoms with van der Waals surface area (Å²) in [5.41, 5.74) is 8.68. The molecule has 1 aliphatic heterocycles. The van der Waals surface area contributed by atoms with Crippen LogP contribution in [-0.4, -0.2) is 23.9 Å². The minimum atomic E-state index is 0.109. The maximum absolute atomic E-state index is 7.23. The maximum Gasteiger partial charge on any atom is 0.122 e. The lowest BCUT2D eigenvalue weighted by Gasteiger charge is -2.22. The number of hydrogen-bond acceptors (Lipinski definition) is 2. The normalized spacial score (nSPS) is 14.7. The molecule has 5 N–H and O–H groups in total. The van der Waals surface area contributed by atoms with Crippen LogP contribution in [0.1, 0.15) is 24.0 Å². The van der Waals surface area contributed by atoms with E-state index >= 15 is 0 Å². The number of nitrogen functional groups attached to an aromatic ring is 1. The first-order valence-corrected chi connectivity index (χ1v) is 8.88. The summed E-state index contributed by atoms with van der Waals surface area (Å²) in [7, 11) is 0. The number of H-pyrrole nitrogens is 1. The number of piperidine rings is 1. The zero-order valence-corrected chi connectivity index (χ0v) is 14.5. The van der Waals surface area contributed by atoms with Crippen molar-refractivity contribution in [2.45, 2.75) is 19.3 Å². The summed E-state index contributed by atoms with van der Waals surface area (Å²) in [6, 6.07) is 18.5. The zero-order chi connectivity index (χ0) is 17.5. The molecule has 0 saturated carbocycles. The van der Waals surface area contributed by atoms with Gasteiger partial charge in [-0.2, -0.15) is 0 Å². The smallest absolute Gasteiger partial charge is 0.122 e. The van der Waals surface area contributed by atoms with Gasteiger partial charge in [-0.05, 0) is 68.1 Å². The van der Waals surface area contributed by atoms with E-state index in [0.717, 1.165) is 22.4 Å². The Balaban J connectivity index is 0.000000146. The summed E-state index contributed by atoms with van der Waals surface area (Å²) in [4.78, 5) is 3.07. The number of aromatic nitrogens is 1. The fourth-order valence-electron chi connectivity index (χ4n) is 3.25. The average Bonchev–Trinajstić information content (AvgIpc) is 3.12. The highest BCUT2D eigenvalue weighted by molar-refractivity contribution is 5.98. The van der Waals surface area contributed by atoms with Crippen LogP contribution in [0.5, 0.6) is 0 Å². The largest absolute Gasteiger partial charge is 0.384 e. The standard InChI is InChI=1S/C12H17N.C9H9N3/c1-2-4-11(5-3-1)10-12-6-8-13-9-7-12;10-9(11)7-1-2-8-6(5-7)3-4-12-8/h1-5,12-13H,6-10H2;1-5,12H,(H3,10,11). The van der Waals surface area contributed by atoms with Crippen LogP contribution < -0.4 is 11.1 Å². The molecule has 4 heteroatoms. The van der Waals surface area contributed by atoms with Crippen LogP contribution in [0.4, 0.5) is 0 Å². The predicted octanol–water partition coefficient (Wildman–Crippen LogP) is 3.68. The summed E-state index contributed by atoms with van der Waals surface area (Å²) in [6.07, 6.45) is 5.82. The minimum Gasteiger partial charge on any atom is -0.384 e. The summed E-state index contributed by atoms with van der Waals surface area (Å²) >= 11 is 0. The van der Waals surface area contributed by atoms with Crippen molar-refractivity contribution in [1.29, 1.82) is 5.41 Å². The number of aromatic amines is 1. The molecule has 0 radical (unpaired) electrons. The predicted molar refractivity (Wildman–Crippen MR) is 105 cm³/mol. The molecule has 1 fully saturated rings. The van der Waals surface area contributed by atoms with Gasteiger partial charge in [0.2, 0.25) is 0 Å². The van der Waals surface area contributed by atoms with E-state index in [4.69, 9.17) is 11.1 Å². The first kappa shape index (κ1) is 17.2. The second-order valence-corrected chi connectivity index (χ2v) is 6.58. The van der Waals surface area contributed by atoms with Gasteiger partial charge < -0.3 is 16.0 Å². The van der Waals surface area contributed by atoms with Gasteiger partial charge in [0.1, 0.15) is 5.84 Å². The SMILES string of the molecule is N=C(N)c1ccc2[nH]ccc2c1.c1ccc(CC2CCNCC2)cc1. The van der Waals surface area contributed by atoms with Gasteiger partial charge in [-0.15, -0.1) is 0 Å². The lowest BCUT2D eigenvalue weighted by atomic mass is 9.91. The van der Waals surface area contributed by atoms with Crippen molar-refractivity contribution in [3.63, 3.8) is 0 Å². The van der Waals surface area contributed by atoms with E-state index in [-0.39, 0.29) is 5.84 Å². The second-order valence-electron chi connectivity index (χ2n) is 6.58. The Hall–Kier alpha value is -2.59. The molecule has 130 valence electrons. The van der Waals surface area contributed by atoms with Gasteiger partial charge in [0.25, 0.3) is 0 Å². The van der Waals surface area contributed by atoms with Gasteiger partial charge in [-0.3, -0.25) is 5.41 Å². The number of amidine groups is 1. The van der Waals surface area contributed by atoms with Gasteiger partial charge in [0.15, 0.2) is 0 Å². The van der Waals surface area contributed by atoms with Crippen molar-refractivity contribution in [2.75, 3.05) is 13.1 Å². The van der Waals surface area contributed by atoms with E-state index in [0.29, 0.717) is 0 Å². The van der Waals surface area contributed by atoms with Crippen LogP contribution >= 0.6 is 0 Å². The number of nitrogens with two attached hydrogens (primary N) is 1. The fourth-order valence-corrected chi connectivity index (χ4v) is 3.25. The van der Waals surface area contributed by atoms with Crippen LogP contribution in [0.15, 0.2) is 60.8 Å². The van der Waals surface area contributed by atoms with Crippen LogP contribution in [0.2, 0.25) is 0 Å². The molecule has 0 bridgehead atoms. The monoisotopic (exact) mass is 334 g/mol. The van der Waals surface area contributed by atoms with Crippen molar-refractivity contribution in [2.24, 2.45) is 11.7 Å². The average molecular weight is 334 g/mol. The van der Waals surface area contributed by atoms with Gasteiger partial charge in [-0.1, -0.05) is 30.3 Å². The molecule has 0 aliphatic carbocycles. The minimum absolute atomic E-state index is 0.109. The zero-order valence-electron chi connectivity index (χ0n) is 14.5. The molecule has 2 aromatic carbocycles. The Morgan fingerprint density at radius 2 is 1.80 bits per heavy atom. The fraction of sp³-hybridized carbons (Fsp3) is 0.286. The molecule has 3 aromatic rings. The highest BCUT2D eigenvalue weighted by atomic mass is 14.9. The number of hydrogen-bond donors (Lipinski definition) is 4. The molecule has 0 spiro atoms. The molecule has 0 unspecified atom stereocenters. The van der Waals surface area contributed by atoms with Gasteiger partial charge in [-0.25, -0.2) is 0 Å². The van der Waals surface area contributed by atoms with Crippen LogP contribution in [0.25, 0.3) is 10.9 Å². The Labute approximate surface area is 149 Å². The molecule has 0 atom stereocenters. The molecule has 0 amide bonds. The summed E-state index contributed by atoms with van der Waals surface area (Å²) < 4.78 is 0. The Bertz CT molecular complexity index is 801. The number of nitrogens with one attached hydrogen (secondary N) is 3. The highest BCUT2D eigenvalue weighted by Gasteiger charge is 2.12. The third kappa shape index (κ3) is 4.94. The van der Waals surface area contributed by atoms with Crippen molar-refractivity contribution >= 4 is 16.7 Å². The highest BCUT2D eigenvalue weighted by Crippen LogP contribution is 2.17. The number of rotatable bonds is 3.